The maximum Gasteiger partial charge on any atom is 0.254 e. The molecular formula is C14H17Cl2N3O2. The largest absolute Gasteiger partial charge is 0.355 e. The van der Waals surface area contributed by atoms with Crippen LogP contribution in [0.5, 0.6) is 0 Å². The number of carbonyl (C=O) groups excluding carboxylic acids is 2. The molecule has 0 spiro atoms. The summed E-state index contributed by atoms with van der Waals surface area (Å²) in [6.45, 7) is 3.95. The number of nitrogens with zero attached hydrogens (tertiary/aromatic N) is 1. The molecule has 1 aromatic rings. The van der Waals surface area contributed by atoms with E-state index in [1.165, 1.54) is 6.07 Å². The molecule has 1 saturated heterocycles. The lowest BCUT2D eigenvalue weighted by molar-refractivity contribution is -0.126. The number of hydrogen-bond acceptors (Lipinski definition) is 3. The number of piperazine rings is 1. The van der Waals surface area contributed by atoms with Gasteiger partial charge in [-0.1, -0.05) is 23.2 Å². The predicted octanol–water partition coefficient (Wildman–Crippen LogP) is 1.54. The minimum Gasteiger partial charge on any atom is -0.355 e. The van der Waals surface area contributed by atoms with Crippen molar-refractivity contribution >= 4 is 35.0 Å². The van der Waals surface area contributed by atoms with Crippen LogP contribution in [0.3, 0.4) is 0 Å². The number of amides is 2. The highest BCUT2D eigenvalue weighted by Gasteiger charge is 2.32. The van der Waals surface area contributed by atoms with Gasteiger partial charge in [-0.3, -0.25) is 9.59 Å². The van der Waals surface area contributed by atoms with E-state index < -0.39 is 6.04 Å². The van der Waals surface area contributed by atoms with Crippen molar-refractivity contribution in [3.05, 3.63) is 33.8 Å². The summed E-state index contributed by atoms with van der Waals surface area (Å²) >= 11 is 11.8. The zero-order chi connectivity index (χ0) is 15.4. The highest BCUT2D eigenvalue weighted by Crippen LogP contribution is 2.23. The number of halogens is 2. The molecule has 0 aromatic heterocycles. The normalized spacial score (nSPS) is 18.4. The van der Waals surface area contributed by atoms with E-state index in [0.717, 1.165) is 0 Å². The SMILES string of the molecule is CCNC(=O)C1CNCCN1C(=O)c1ccc(Cl)c(Cl)c1. The van der Waals surface area contributed by atoms with Gasteiger partial charge >= 0.3 is 0 Å². The van der Waals surface area contributed by atoms with Crippen molar-refractivity contribution in [2.75, 3.05) is 26.2 Å². The molecule has 1 aliphatic heterocycles. The molecular weight excluding hydrogens is 313 g/mol. The third-order valence-corrected chi connectivity index (χ3v) is 4.06. The van der Waals surface area contributed by atoms with Crippen LogP contribution in [-0.2, 0) is 4.79 Å². The second-order valence-corrected chi connectivity index (χ2v) is 5.56. The van der Waals surface area contributed by atoms with Gasteiger partial charge in [-0.05, 0) is 25.1 Å². The molecule has 2 N–H and O–H groups in total. The molecule has 0 radical (unpaired) electrons. The second kappa shape index (κ2) is 7.11. The molecule has 2 rings (SSSR count). The molecule has 1 unspecified atom stereocenters. The first-order valence-corrected chi connectivity index (χ1v) is 7.54. The Kier molecular flexibility index (Phi) is 5.45. The van der Waals surface area contributed by atoms with Gasteiger partial charge in [0.05, 0.1) is 10.0 Å². The fourth-order valence-electron chi connectivity index (χ4n) is 2.27. The Morgan fingerprint density at radius 3 is 2.81 bits per heavy atom. The lowest BCUT2D eigenvalue weighted by atomic mass is 10.1. The van der Waals surface area contributed by atoms with E-state index in [1.54, 1.807) is 17.0 Å². The topological polar surface area (TPSA) is 61.4 Å². The van der Waals surface area contributed by atoms with Crippen LogP contribution in [0, 0.1) is 0 Å². The van der Waals surface area contributed by atoms with E-state index >= 15 is 0 Å². The molecule has 21 heavy (non-hydrogen) atoms. The van der Waals surface area contributed by atoms with E-state index in [0.29, 0.717) is 41.8 Å². The lowest BCUT2D eigenvalue weighted by Crippen LogP contribution is -2.59. The standard InChI is InChI=1S/C14H17Cl2N3O2/c1-2-18-13(20)12-8-17-5-6-19(12)14(21)9-3-4-10(15)11(16)7-9/h3-4,7,12,17H,2,5-6,8H2,1H3,(H,18,20). The van der Waals surface area contributed by atoms with Crippen LogP contribution in [0.4, 0.5) is 0 Å². The number of carbonyl (C=O) groups is 2. The van der Waals surface area contributed by atoms with E-state index in [9.17, 15) is 9.59 Å². The molecule has 1 aromatic carbocycles. The average molecular weight is 330 g/mol. The Balaban J connectivity index is 2.21. The summed E-state index contributed by atoms with van der Waals surface area (Å²) in [5.74, 6) is -0.371. The second-order valence-electron chi connectivity index (χ2n) is 4.74. The Morgan fingerprint density at radius 1 is 1.38 bits per heavy atom. The molecule has 7 heteroatoms. The van der Waals surface area contributed by atoms with E-state index in [-0.39, 0.29) is 11.8 Å². The molecule has 1 atom stereocenters. The van der Waals surface area contributed by atoms with Gasteiger partial charge in [0.1, 0.15) is 6.04 Å². The predicted molar refractivity (Wildman–Crippen MR) is 82.8 cm³/mol. The summed E-state index contributed by atoms with van der Waals surface area (Å²) in [6.07, 6.45) is 0. The summed E-state index contributed by atoms with van der Waals surface area (Å²) in [5.41, 5.74) is 0.431. The van der Waals surface area contributed by atoms with Crippen LogP contribution in [0.1, 0.15) is 17.3 Å². The van der Waals surface area contributed by atoms with Gasteiger partial charge < -0.3 is 15.5 Å². The number of benzene rings is 1. The Hall–Kier alpha value is -1.30. The first kappa shape index (κ1) is 16.1. The molecule has 5 nitrogen and oxygen atoms in total. The van der Waals surface area contributed by atoms with E-state index in [1.807, 2.05) is 6.92 Å². The minimum atomic E-state index is -0.513. The van der Waals surface area contributed by atoms with Crippen LogP contribution in [0.2, 0.25) is 10.0 Å². The monoisotopic (exact) mass is 329 g/mol. The van der Waals surface area contributed by atoms with Crippen molar-refractivity contribution in [1.82, 2.24) is 15.5 Å². The first-order chi connectivity index (χ1) is 10.0. The number of rotatable bonds is 3. The minimum absolute atomic E-state index is 0.155. The Morgan fingerprint density at radius 2 is 2.14 bits per heavy atom. The molecule has 1 heterocycles. The van der Waals surface area contributed by atoms with Crippen molar-refractivity contribution in [3.63, 3.8) is 0 Å². The van der Waals surface area contributed by atoms with E-state index in [2.05, 4.69) is 10.6 Å². The quantitative estimate of drug-likeness (QED) is 0.884. The Labute approximate surface area is 133 Å². The summed E-state index contributed by atoms with van der Waals surface area (Å²) in [7, 11) is 0. The third-order valence-electron chi connectivity index (χ3n) is 3.32. The van der Waals surface area contributed by atoms with Crippen molar-refractivity contribution < 1.29 is 9.59 Å². The average Bonchev–Trinajstić information content (AvgIpc) is 2.49. The van der Waals surface area contributed by atoms with Crippen LogP contribution in [0.15, 0.2) is 18.2 Å². The van der Waals surface area contributed by atoms with Gasteiger partial charge in [-0.15, -0.1) is 0 Å². The maximum atomic E-state index is 12.6. The Bertz CT molecular complexity index is 551. The van der Waals surface area contributed by atoms with Gasteiger partial charge in [0.15, 0.2) is 0 Å². The smallest absolute Gasteiger partial charge is 0.254 e. The summed E-state index contributed by atoms with van der Waals surface area (Å²) in [5, 5.41) is 6.60. The summed E-state index contributed by atoms with van der Waals surface area (Å²) in [6, 6.07) is 4.22. The summed E-state index contributed by atoms with van der Waals surface area (Å²) in [4.78, 5) is 26.2. The van der Waals surface area contributed by atoms with Crippen LogP contribution in [0.25, 0.3) is 0 Å². The van der Waals surface area contributed by atoms with Crippen LogP contribution >= 0.6 is 23.2 Å². The number of hydrogen-bond donors (Lipinski definition) is 2. The van der Waals surface area contributed by atoms with Gasteiger partial charge in [0.2, 0.25) is 5.91 Å². The highest BCUT2D eigenvalue weighted by molar-refractivity contribution is 6.42. The van der Waals surface area contributed by atoms with Crippen molar-refractivity contribution in [3.8, 4) is 0 Å². The molecule has 1 fully saturated rings. The van der Waals surface area contributed by atoms with Crippen molar-refractivity contribution in [1.29, 1.82) is 0 Å². The number of likely N-dealkylation sites (N-methyl/N-ethyl adjacent to an activating group) is 1. The fraction of sp³-hybridized carbons (Fsp3) is 0.429. The number of nitrogens with one attached hydrogen (secondary N) is 2. The third kappa shape index (κ3) is 3.67. The summed E-state index contributed by atoms with van der Waals surface area (Å²) < 4.78 is 0. The molecule has 1 aliphatic rings. The maximum absolute atomic E-state index is 12.6. The van der Waals surface area contributed by atoms with Crippen molar-refractivity contribution in [2.24, 2.45) is 0 Å². The highest BCUT2D eigenvalue weighted by atomic mass is 35.5. The zero-order valence-corrected chi connectivity index (χ0v) is 13.2. The molecule has 0 bridgehead atoms. The molecule has 0 saturated carbocycles. The van der Waals surface area contributed by atoms with Gasteiger partial charge in [-0.25, -0.2) is 0 Å². The van der Waals surface area contributed by atoms with Crippen LogP contribution in [-0.4, -0.2) is 48.9 Å². The lowest BCUT2D eigenvalue weighted by Gasteiger charge is -2.35. The van der Waals surface area contributed by atoms with Gasteiger partial charge in [0, 0.05) is 31.7 Å². The first-order valence-electron chi connectivity index (χ1n) is 6.79. The molecule has 114 valence electrons. The fourth-order valence-corrected chi connectivity index (χ4v) is 2.57. The molecule has 2 amide bonds. The zero-order valence-electron chi connectivity index (χ0n) is 11.7. The van der Waals surface area contributed by atoms with Gasteiger partial charge in [-0.2, -0.15) is 0 Å². The van der Waals surface area contributed by atoms with Gasteiger partial charge in [0.25, 0.3) is 5.91 Å². The van der Waals surface area contributed by atoms with E-state index in [4.69, 9.17) is 23.2 Å². The van der Waals surface area contributed by atoms with Crippen LogP contribution < -0.4 is 10.6 Å². The van der Waals surface area contributed by atoms with Crippen molar-refractivity contribution in [2.45, 2.75) is 13.0 Å². The molecule has 0 aliphatic carbocycles.